The number of imide groups is 2. The predicted octanol–water partition coefficient (Wildman–Crippen LogP) is 6.13. The highest BCUT2D eigenvalue weighted by Gasteiger charge is 2.46. The lowest BCUT2D eigenvalue weighted by Crippen LogP contribution is -2.54. The number of carbonyl (C=O) groups excluding carboxylic acids is 5. The Bertz CT molecular complexity index is 2650. The summed E-state index contributed by atoms with van der Waals surface area (Å²) in [6, 6.07) is 14.0. The number of amides is 5. The molecule has 0 spiro atoms. The fraction of sp³-hybridized carbons (Fsp3) is 0.348. The average molecular weight is 848 g/mol. The minimum Gasteiger partial charge on any atom is -0.357 e. The molecule has 12 nitrogen and oxygen atoms in total. The van der Waals surface area contributed by atoms with Crippen LogP contribution in [-0.4, -0.2) is 103 Å². The summed E-state index contributed by atoms with van der Waals surface area (Å²) in [5, 5.41) is 3.11. The maximum absolute atomic E-state index is 16.2. The quantitative estimate of drug-likeness (QED) is 0.148. The van der Waals surface area contributed by atoms with Gasteiger partial charge in [0.05, 0.1) is 23.7 Å². The van der Waals surface area contributed by atoms with Crippen molar-refractivity contribution in [1.82, 2.24) is 34.9 Å². The molecule has 5 aromatic rings. The van der Waals surface area contributed by atoms with Gasteiger partial charge in [0.15, 0.2) is 0 Å². The van der Waals surface area contributed by atoms with Crippen LogP contribution < -0.4 is 5.32 Å². The summed E-state index contributed by atoms with van der Waals surface area (Å²) in [6.45, 7) is 3.18. The van der Waals surface area contributed by atoms with Gasteiger partial charge in [0, 0.05) is 78.6 Å². The number of fused-ring (bicyclic) bond motifs is 5. The average Bonchev–Trinajstić information content (AvgIpc) is 3.92. The van der Waals surface area contributed by atoms with Crippen LogP contribution in [0.1, 0.15) is 97.8 Å². The minimum atomic E-state index is -2.72. The molecule has 5 aliphatic heterocycles. The Balaban J connectivity index is 0.799. The molecule has 3 aromatic carbocycles. The lowest BCUT2D eigenvalue weighted by molar-refractivity contribution is -0.136. The molecular formula is C46H41F4N7O5. The second kappa shape index (κ2) is 15.3. The topological polar surface area (TPSA) is 139 Å². The number of benzene rings is 3. The molecule has 2 saturated heterocycles. The van der Waals surface area contributed by atoms with Gasteiger partial charge < -0.3 is 9.88 Å². The van der Waals surface area contributed by atoms with Crippen molar-refractivity contribution in [3.63, 3.8) is 0 Å². The molecule has 2 aromatic heterocycles. The van der Waals surface area contributed by atoms with Crippen LogP contribution in [0.5, 0.6) is 0 Å². The van der Waals surface area contributed by atoms with E-state index in [9.17, 15) is 32.8 Å². The largest absolute Gasteiger partial charge is 0.357 e. The predicted molar refractivity (Wildman–Crippen MR) is 217 cm³/mol. The lowest BCUT2D eigenvalue weighted by atomic mass is 9.87. The van der Waals surface area contributed by atoms with E-state index < -0.39 is 66.4 Å². The van der Waals surface area contributed by atoms with Gasteiger partial charge in [-0.15, -0.1) is 0 Å². The fourth-order valence-corrected chi connectivity index (χ4v) is 10.2. The Morgan fingerprint density at radius 3 is 2.18 bits per heavy atom. The van der Waals surface area contributed by atoms with Gasteiger partial charge in [0.25, 0.3) is 24.1 Å². The molecule has 7 heterocycles. The number of alkyl halides is 2. The summed E-state index contributed by atoms with van der Waals surface area (Å²) in [7, 11) is 0. The number of H-pyrrole nitrogens is 1. The van der Waals surface area contributed by atoms with E-state index in [0.717, 1.165) is 32.5 Å². The van der Waals surface area contributed by atoms with Gasteiger partial charge in [-0.2, -0.15) is 0 Å². The molecule has 318 valence electrons. The minimum absolute atomic E-state index is 0.0492. The standard InChI is InChI=1S/C46H41F4N7O5/c1-23-14-30-29-4-2-3-5-35(29)52-41(30)42(56(23)22-38(49)50)40-33(47)17-25(18-34(40)48)24-6-7-36(51-19-24)46(62)54-12-10-28(11-13-54)55-20-26-15-31-32(16-27(26)21-55)45(61)57(44(31)60)37-8-9-39(58)53-43(37)59/h2-7,15-19,23,28,37-38,42,52H,8-14,20-22H2,1H3,(H,53,58,59)/t23-,37?,42-/m1/s1. The second-order valence-electron chi connectivity index (χ2n) is 16.9. The summed E-state index contributed by atoms with van der Waals surface area (Å²) >= 11 is 0. The Morgan fingerprint density at radius 1 is 0.871 bits per heavy atom. The van der Waals surface area contributed by atoms with Crippen molar-refractivity contribution in [2.24, 2.45) is 0 Å². The zero-order valence-corrected chi connectivity index (χ0v) is 33.6. The second-order valence-corrected chi connectivity index (χ2v) is 16.9. The number of para-hydroxylation sites is 1. The molecule has 1 unspecified atom stereocenters. The summed E-state index contributed by atoms with van der Waals surface area (Å²) in [4.78, 5) is 78.5. The van der Waals surface area contributed by atoms with E-state index in [1.807, 2.05) is 24.3 Å². The number of halogens is 4. The molecule has 10 rings (SSSR count). The molecule has 0 bridgehead atoms. The third-order valence-electron chi connectivity index (χ3n) is 13.3. The molecule has 0 aliphatic carbocycles. The van der Waals surface area contributed by atoms with Gasteiger partial charge >= 0.3 is 0 Å². The van der Waals surface area contributed by atoms with Gasteiger partial charge in [-0.1, -0.05) is 24.3 Å². The number of hydrogen-bond acceptors (Lipinski definition) is 8. The Labute approximate surface area is 352 Å². The van der Waals surface area contributed by atoms with Crippen molar-refractivity contribution in [2.75, 3.05) is 19.6 Å². The summed E-state index contributed by atoms with van der Waals surface area (Å²) in [5.41, 5.74) is 4.90. The normalized spacial score (nSPS) is 22.1. The molecular weight excluding hydrogens is 807 g/mol. The SMILES string of the molecule is C[C@@H]1Cc2c([nH]c3ccccc23)[C@@H](c2c(F)cc(-c3ccc(C(=O)N4CCC(N5Cc6cc7c(cc6C5)C(=O)N(C5CCC(=O)NC5=O)C7=O)CC4)nc3)cc2F)N1CC(F)F. The summed E-state index contributed by atoms with van der Waals surface area (Å²) in [6.07, 6.45) is 0.620. The van der Waals surface area contributed by atoms with Crippen LogP contribution in [0.15, 0.2) is 66.9 Å². The van der Waals surface area contributed by atoms with E-state index >= 15 is 8.78 Å². The number of aromatic nitrogens is 2. The maximum atomic E-state index is 16.2. The van der Waals surface area contributed by atoms with Crippen molar-refractivity contribution in [3.05, 3.63) is 123 Å². The maximum Gasteiger partial charge on any atom is 0.272 e. The van der Waals surface area contributed by atoms with E-state index in [1.165, 1.54) is 29.3 Å². The zero-order chi connectivity index (χ0) is 43.1. The third kappa shape index (κ3) is 6.67. The van der Waals surface area contributed by atoms with Gasteiger partial charge in [-0.05, 0) is 91.3 Å². The smallest absolute Gasteiger partial charge is 0.272 e. The van der Waals surface area contributed by atoms with E-state index in [-0.39, 0.29) is 52.7 Å². The first-order valence-electron chi connectivity index (χ1n) is 20.8. The van der Waals surface area contributed by atoms with Crippen molar-refractivity contribution in [2.45, 2.75) is 82.7 Å². The summed E-state index contributed by atoms with van der Waals surface area (Å²) in [5.74, 6) is -4.20. The Kier molecular flexibility index (Phi) is 9.82. The number of hydrogen-bond donors (Lipinski definition) is 2. The van der Waals surface area contributed by atoms with Crippen molar-refractivity contribution in [3.8, 4) is 11.1 Å². The number of pyridine rings is 1. The van der Waals surface area contributed by atoms with Crippen LogP contribution in [0.2, 0.25) is 0 Å². The van der Waals surface area contributed by atoms with E-state index in [4.69, 9.17) is 0 Å². The first-order chi connectivity index (χ1) is 29.8. The van der Waals surface area contributed by atoms with Gasteiger partial charge in [0.1, 0.15) is 23.4 Å². The van der Waals surface area contributed by atoms with Crippen molar-refractivity contribution < 1.29 is 41.5 Å². The molecule has 62 heavy (non-hydrogen) atoms. The molecule has 5 aliphatic rings. The molecule has 16 heteroatoms. The van der Waals surface area contributed by atoms with E-state index in [2.05, 4.69) is 20.2 Å². The number of nitrogens with one attached hydrogen (secondary N) is 2. The van der Waals surface area contributed by atoms with Crippen LogP contribution in [0, 0.1) is 11.6 Å². The third-order valence-corrected chi connectivity index (χ3v) is 13.3. The lowest BCUT2D eigenvalue weighted by Gasteiger charge is -2.41. The monoisotopic (exact) mass is 847 g/mol. The summed E-state index contributed by atoms with van der Waals surface area (Å²) < 4.78 is 60.2. The van der Waals surface area contributed by atoms with Gasteiger partial charge in [-0.3, -0.25) is 49.0 Å². The van der Waals surface area contributed by atoms with Gasteiger partial charge in [-0.25, -0.2) is 17.6 Å². The van der Waals surface area contributed by atoms with Crippen molar-refractivity contribution >= 4 is 40.4 Å². The fourth-order valence-electron chi connectivity index (χ4n) is 10.2. The number of carbonyl (C=O) groups is 5. The van der Waals surface area contributed by atoms with Crippen molar-refractivity contribution in [1.29, 1.82) is 0 Å². The molecule has 2 fully saturated rings. The van der Waals surface area contributed by atoms with Crippen LogP contribution in [0.25, 0.3) is 22.0 Å². The number of piperidine rings is 2. The highest BCUT2D eigenvalue weighted by Crippen LogP contribution is 2.43. The van der Waals surface area contributed by atoms with Crippen LogP contribution in [-0.2, 0) is 29.1 Å². The van der Waals surface area contributed by atoms with E-state index in [1.54, 1.807) is 30.0 Å². The molecule has 0 radical (unpaired) electrons. The van der Waals surface area contributed by atoms with Crippen LogP contribution in [0.4, 0.5) is 17.6 Å². The molecule has 3 atom stereocenters. The zero-order valence-electron chi connectivity index (χ0n) is 33.6. The number of aromatic amines is 1. The Morgan fingerprint density at radius 2 is 1.55 bits per heavy atom. The van der Waals surface area contributed by atoms with Crippen LogP contribution >= 0.6 is 0 Å². The number of rotatable bonds is 7. The van der Waals surface area contributed by atoms with E-state index in [0.29, 0.717) is 56.7 Å². The first kappa shape index (κ1) is 39.9. The molecule has 5 amide bonds. The number of nitrogens with zero attached hydrogens (tertiary/aromatic N) is 5. The molecule has 0 saturated carbocycles. The van der Waals surface area contributed by atoms with Gasteiger partial charge in [0.2, 0.25) is 11.8 Å². The highest BCUT2D eigenvalue weighted by atomic mass is 19.3. The molecule has 2 N–H and O–H groups in total. The first-order valence-corrected chi connectivity index (χ1v) is 20.8. The highest BCUT2D eigenvalue weighted by molar-refractivity contribution is 6.23. The Hall–Kier alpha value is -6.26. The number of likely N-dealkylation sites (tertiary alicyclic amines) is 1. The van der Waals surface area contributed by atoms with Crippen LogP contribution in [0.3, 0.4) is 0 Å².